The fraction of sp³-hybridized carbons (Fsp3) is 0.714. The van der Waals surface area contributed by atoms with Crippen LogP contribution in [0.1, 0.15) is 50.1 Å². The average molecular weight is 261 g/mol. The molecule has 0 amide bonds. The number of hydrogen-bond acceptors (Lipinski definition) is 5. The highest BCUT2D eigenvalue weighted by Gasteiger charge is 2.29. The van der Waals surface area contributed by atoms with Crippen molar-refractivity contribution in [3.63, 3.8) is 0 Å². The van der Waals surface area contributed by atoms with Gasteiger partial charge >= 0.3 is 0 Å². The summed E-state index contributed by atoms with van der Waals surface area (Å²) in [5.41, 5.74) is 12.8. The van der Waals surface area contributed by atoms with E-state index in [4.69, 9.17) is 11.5 Å². The van der Waals surface area contributed by atoms with Crippen LogP contribution in [0.25, 0.3) is 0 Å². The van der Waals surface area contributed by atoms with Gasteiger partial charge in [-0.25, -0.2) is 4.98 Å². The summed E-state index contributed by atoms with van der Waals surface area (Å²) < 4.78 is 0. The van der Waals surface area contributed by atoms with Crippen molar-refractivity contribution < 1.29 is 0 Å². The molecule has 2 fully saturated rings. The number of hydrogen-bond donors (Lipinski definition) is 2. The zero-order valence-corrected chi connectivity index (χ0v) is 11.4. The lowest BCUT2D eigenvalue weighted by Gasteiger charge is -2.32. The molecule has 19 heavy (non-hydrogen) atoms. The first-order chi connectivity index (χ1) is 9.22. The Labute approximate surface area is 114 Å². The molecular formula is C14H23N5. The van der Waals surface area contributed by atoms with Crippen molar-refractivity contribution in [1.29, 1.82) is 0 Å². The maximum atomic E-state index is 5.88. The molecule has 1 aliphatic carbocycles. The van der Waals surface area contributed by atoms with Crippen molar-refractivity contribution >= 4 is 11.8 Å². The molecule has 0 atom stereocenters. The highest BCUT2D eigenvalue weighted by atomic mass is 15.2. The average Bonchev–Trinajstić information content (AvgIpc) is 2.63. The van der Waals surface area contributed by atoms with Gasteiger partial charge in [0, 0.05) is 31.1 Å². The van der Waals surface area contributed by atoms with E-state index in [2.05, 4.69) is 20.9 Å². The number of anilines is 2. The Bertz CT molecular complexity index is 433. The predicted molar refractivity (Wildman–Crippen MR) is 77.1 cm³/mol. The van der Waals surface area contributed by atoms with Gasteiger partial charge in [-0.3, -0.25) is 0 Å². The smallest absolute Gasteiger partial charge is 0.222 e. The maximum absolute atomic E-state index is 5.88. The van der Waals surface area contributed by atoms with Crippen LogP contribution in [0.5, 0.6) is 0 Å². The minimum atomic E-state index is 0.336. The largest absolute Gasteiger partial charge is 0.368 e. The molecule has 5 heteroatoms. The molecule has 2 heterocycles. The Hall–Kier alpha value is -1.36. The summed E-state index contributed by atoms with van der Waals surface area (Å²) >= 11 is 0. The second kappa shape index (κ2) is 5.33. The molecule has 104 valence electrons. The van der Waals surface area contributed by atoms with Gasteiger partial charge in [0.15, 0.2) is 0 Å². The third-order valence-electron chi connectivity index (χ3n) is 4.27. The van der Waals surface area contributed by atoms with Crippen molar-refractivity contribution in [2.75, 3.05) is 23.7 Å². The molecule has 0 unspecified atom stereocenters. The van der Waals surface area contributed by atoms with Crippen LogP contribution in [0.3, 0.4) is 0 Å². The van der Waals surface area contributed by atoms with Crippen LogP contribution in [0, 0.1) is 0 Å². The van der Waals surface area contributed by atoms with Crippen LogP contribution in [0.4, 0.5) is 11.8 Å². The zero-order valence-electron chi connectivity index (χ0n) is 11.4. The van der Waals surface area contributed by atoms with Crippen LogP contribution in [0.15, 0.2) is 6.07 Å². The molecule has 1 saturated heterocycles. The van der Waals surface area contributed by atoms with Gasteiger partial charge in [-0.2, -0.15) is 4.98 Å². The quantitative estimate of drug-likeness (QED) is 0.846. The fourth-order valence-electron chi connectivity index (χ4n) is 3.05. The zero-order chi connectivity index (χ0) is 13.2. The SMILES string of the molecule is Nc1nc(C2CC(N)C2)cc(N2CCCCCC2)n1. The number of nitrogen functional groups attached to an aromatic ring is 1. The molecule has 0 spiro atoms. The Morgan fingerprint density at radius 1 is 1.05 bits per heavy atom. The first-order valence-corrected chi connectivity index (χ1v) is 7.37. The van der Waals surface area contributed by atoms with Crippen LogP contribution in [-0.2, 0) is 0 Å². The standard InChI is InChI=1S/C14H23N5/c15-11-7-10(8-11)12-9-13(18-14(16)17-12)19-5-3-1-2-4-6-19/h9-11H,1-8,15H2,(H2,16,17,18). The van der Waals surface area contributed by atoms with Gasteiger partial charge in [0.1, 0.15) is 5.82 Å². The van der Waals surface area contributed by atoms with E-state index in [-0.39, 0.29) is 0 Å². The topological polar surface area (TPSA) is 81.1 Å². The fourth-order valence-corrected chi connectivity index (χ4v) is 3.05. The summed E-state index contributed by atoms with van der Waals surface area (Å²) in [6.45, 7) is 2.17. The van der Waals surface area contributed by atoms with Crippen LogP contribution >= 0.6 is 0 Å². The highest BCUT2D eigenvalue weighted by molar-refractivity contribution is 5.44. The van der Waals surface area contributed by atoms with Crippen LogP contribution < -0.4 is 16.4 Å². The molecule has 0 bridgehead atoms. The lowest BCUT2D eigenvalue weighted by molar-refractivity contribution is 0.345. The highest BCUT2D eigenvalue weighted by Crippen LogP contribution is 2.36. The van der Waals surface area contributed by atoms with Crippen molar-refractivity contribution in [2.24, 2.45) is 5.73 Å². The van der Waals surface area contributed by atoms with Gasteiger partial charge in [0.25, 0.3) is 0 Å². The van der Waals surface area contributed by atoms with E-state index in [9.17, 15) is 0 Å². The lowest BCUT2D eigenvalue weighted by Crippen LogP contribution is -2.35. The first-order valence-electron chi connectivity index (χ1n) is 7.37. The summed E-state index contributed by atoms with van der Waals surface area (Å²) in [6, 6.07) is 2.46. The van der Waals surface area contributed by atoms with Gasteiger partial charge in [-0.1, -0.05) is 12.8 Å². The molecule has 0 aromatic carbocycles. The summed E-state index contributed by atoms with van der Waals surface area (Å²) in [5.74, 6) is 1.88. The lowest BCUT2D eigenvalue weighted by atomic mass is 9.78. The van der Waals surface area contributed by atoms with E-state index in [0.29, 0.717) is 17.9 Å². The molecule has 3 rings (SSSR count). The third-order valence-corrected chi connectivity index (χ3v) is 4.27. The van der Waals surface area contributed by atoms with Crippen LogP contribution in [0.2, 0.25) is 0 Å². The van der Waals surface area contributed by atoms with E-state index in [0.717, 1.165) is 37.4 Å². The molecule has 1 aromatic rings. The first kappa shape index (κ1) is 12.7. The second-order valence-corrected chi connectivity index (χ2v) is 5.84. The Balaban J connectivity index is 1.80. The molecule has 5 nitrogen and oxygen atoms in total. The third kappa shape index (κ3) is 2.81. The molecule has 1 aliphatic heterocycles. The Morgan fingerprint density at radius 3 is 2.37 bits per heavy atom. The van der Waals surface area contributed by atoms with Crippen molar-refractivity contribution in [2.45, 2.75) is 50.5 Å². The van der Waals surface area contributed by atoms with Gasteiger partial charge in [-0.15, -0.1) is 0 Å². The monoisotopic (exact) mass is 261 g/mol. The van der Waals surface area contributed by atoms with Crippen LogP contribution in [-0.4, -0.2) is 29.1 Å². The number of nitrogens with zero attached hydrogens (tertiary/aromatic N) is 3. The summed E-state index contributed by atoms with van der Waals surface area (Å²) in [5, 5.41) is 0. The van der Waals surface area contributed by atoms with E-state index < -0.39 is 0 Å². The Morgan fingerprint density at radius 2 is 1.74 bits per heavy atom. The number of rotatable bonds is 2. The molecule has 2 aliphatic rings. The minimum Gasteiger partial charge on any atom is -0.368 e. The van der Waals surface area contributed by atoms with E-state index >= 15 is 0 Å². The normalized spacial score (nSPS) is 27.7. The van der Waals surface area contributed by atoms with Crippen molar-refractivity contribution in [1.82, 2.24) is 9.97 Å². The van der Waals surface area contributed by atoms with E-state index in [1.54, 1.807) is 0 Å². The van der Waals surface area contributed by atoms with E-state index in [1.807, 2.05) is 0 Å². The molecule has 1 aromatic heterocycles. The summed E-state index contributed by atoms with van der Waals surface area (Å²) in [4.78, 5) is 11.2. The number of aromatic nitrogens is 2. The van der Waals surface area contributed by atoms with Crippen molar-refractivity contribution in [3.05, 3.63) is 11.8 Å². The van der Waals surface area contributed by atoms with Gasteiger partial charge in [0.05, 0.1) is 5.69 Å². The summed E-state index contributed by atoms with van der Waals surface area (Å²) in [7, 11) is 0. The molecule has 4 N–H and O–H groups in total. The van der Waals surface area contributed by atoms with Gasteiger partial charge < -0.3 is 16.4 Å². The minimum absolute atomic E-state index is 0.336. The molecular weight excluding hydrogens is 238 g/mol. The van der Waals surface area contributed by atoms with E-state index in [1.165, 1.54) is 25.7 Å². The van der Waals surface area contributed by atoms with Gasteiger partial charge in [-0.05, 0) is 25.7 Å². The second-order valence-electron chi connectivity index (χ2n) is 5.84. The Kier molecular flexibility index (Phi) is 3.55. The predicted octanol–water partition coefficient (Wildman–Crippen LogP) is 1.64. The summed E-state index contributed by atoms with van der Waals surface area (Å²) in [6.07, 6.45) is 7.18. The van der Waals surface area contributed by atoms with Crippen molar-refractivity contribution in [3.8, 4) is 0 Å². The number of nitrogens with two attached hydrogens (primary N) is 2. The molecule has 1 saturated carbocycles. The molecule has 0 radical (unpaired) electrons. The maximum Gasteiger partial charge on any atom is 0.222 e. The van der Waals surface area contributed by atoms with Gasteiger partial charge in [0.2, 0.25) is 5.95 Å².